The van der Waals surface area contributed by atoms with Crippen LogP contribution in [0.25, 0.3) is 0 Å². The SMILES string of the molecule is CC(C)C(Nc1cc(N)cc(S(N)(=O)=O)c1)C(N)=O. The highest BCUT2D eigenvalue weighted by Gasteiger charge is 2.20. The van der Waals surface area contributed by atoms with Gasteiger partial charge in [-0.25, -0.2) is 13.6 Å². The molecule has 1 aromatic rings. The second kappa shape index (κ2) is 5.45. The zero-order chi connectivity index (χ0) is 14.8. The molecule has 0 radical (unpaired) electrons. The molecule has 8 heteroatoms. The quantitative estimate of drug-likeness (QED) is 0.556. The Hall–Kier alpha value is -1.80. The zero-order valence-corrected chi connectivity index (χ0v) is 11.6. The first-order valence-corrected chi connectivity index (χ1v) is 7.15. The fourth-order valence-electron chi connectivity index (χ4n) is 1.62. The molecule has 0 saturated heterocycles. The predicted octanol–water partition coefficient (Wildman–Crippen LogP) is -0.162. The molecule has 0 aromatic heterocycles. The monoisotopic (exact) mass is 286 g/mol. The van der Waals surface area contributed by atoms with Crippen LogP contribution in [0.15, 0.2) is 23.1 Å². The van der Waals surface area contributed by atoms with E-state index in [1.807, 2.05) is 13.8 Å². The van der Waals surface area contributed by atoms with Crippen molar-refractivity contribution in [3.63, 3.8) is 0 Å². The molecule has 0 bridgehead atoms. The molecule has 0 spiro atoms. The molecule has 7 N–H and O–H groups in total. The number of primary sulfonamides is 1. The highest BCUT2D eigenvalue weighted by atomic mass is 32.2. The van der Waals surface area contributed by atoms with Gasteiger partial charge in [0.1, 0.15) is 6.04 Å². The number of benzene rings is 1. The summed E-state index contributed by atoms with van der Waals surface area (Å²) in [4.78, 5) is 11.2. The fourth-order valence-corrected chi connectivity index (χ4v) is 2.21. The standard InChI is InChI=1S/C11H18N4O3S/c1-6(2)10(11(13)16)15-8-3-7(12)4-9(5-8)19(14,17)18/h3-6,10,15H,12H2,1-2H3,(H2,13,16)(H2,14,17,18). The van der Waals surface area contributed by atoms with Gasteiger partial charge in [0.15, 0.2) is 0 Å². The summed E-state index contributed by atoms with van der Waals surface area (Å²) in [6.45, 7) is 3.63. The number of amides is 1. The Balaban J connectivity index is 3.15. The first-order valence-electron chi connectivity index (χ1n) is 5.60. The van der Waals surface area contributed by atoms with E-state index in [2.05, 4.69) is 5.32 Å². The van der Waals surface area contributed by atoms with Crippen LogP contribution in [0.1, 0.15) is 13.8 Å². The minimum absolute atomic E-state index is 0.0585. The molecule has 0 aliphatic heterocycles. The molecule has 0 fully saturated rings. The summed E-state index contributed by atoms with van der Waals surface area (Å²) in [5, 5.41) is 7.90. The van der Waals surface area contributed by atoms with Crippen LogP contribution in [0.2, 0.25) is 0 Å². The van der Waals surface area contributed by atoms with Gasteiger partial charge in [-0.05, 0) is 24.1 Å². The normalized spacial score (nSPS) is 13.3. The van der Waals surface area contributed by atoms with E-state index in [9.17, 15) is 13.2 Å². The number of hydrogen-bond donors (Lipinski definition) is 4. The Labute approximate surface area is 112 Å². The second-order valence-electron chi connectivity index (χ2n) is 4.60. The number of primary amides is 1. The third kappa shape index (κ3) is 4.11. The van der Waals surface area contributed by atoms with Gasteiger partial charge in [0, 0.05) is 11.4 Å². The number of nitrogens with two attached hydrogens (primary N) is 3. The van der Waals surface area contributed by atoms with E-state index in [4.69, 9.17) is 16.6 Å². The van der Waals surface area contributed by atoms with Crippen molar-refractivity contribution in [2.24, 2.45) is 16.8 Å². The summed E-state index contributed by atoms with van der Waals surface area (Å²) in [7, 11) is -3.86. The molecule has 1 rings (SSSR count). The first-order chi connectivity index (χ1) is 8.61. The van der Waals surface area contributed by atoms with Gasteiger partial charge in [0.05, 0.1) is 4.90 Å². The lowest BCUT2D eigenvalue weighted by molar-refractivity contribution is -0.119. The van der Waals surface area contributed by atoms with Crippen LogP contribution in [-0.4, -0.2) is 20.4 Å². The van der Waals surface area contributed by atoms with Gasteiger partial charge >= 0.3 is 0 Å². The molecule has 19 heavy (non-hydrogen) atoms. The van der Waals surface area contributed by atoms with Crippen LogP contribution in [0.4, 0.5) is 11.4 Å². The zero-order valence-electron chi connectivity index (χ0n) is 10.8. The number of rotatable bonds is 5. The van der Waals surface area contributed by atoms with Crippen LogP contribution in [-0.2, 0) is 14.8 Å². The largest absolute Gasteiger partial charge is 0.399 e. The minimum Gasteiger partial charge on any atom is -0.399 e. The van der Waals surface area contributed by atoms with Crippen molar-refractivity contribution < 1.29 is 13.2 Å². The van der Waals surface area contributed by atoms with E-state index in [-0.39, 0.29) is 16.5 Å². The summed E-state index contributed by atoms with van der Waals surface area (Å²) in [5.74, 6) is -0.591. The topological polar surface area (TPSA) is 141 Å². The van der Waals surface area contributed by atoms with Crippen molar-refractivity contribution in [1.82, 2.24) is 0 Å². The molecule has 0 saturated carbocycles. The lowest BCUT2D eigenvalue weighted by atomic mass is 10.0. The number of hydrogen-bond acceptors (Lipinski definition) is 5. The predicted molar refractivity (Wildman–Crippen MR) is 73.7 cm³/mol. The smallest absolute Gasteiger partial charge is 0.240 e. The van der Waals surface area contributed by atoms with Crippen LogP contribution >= 0.6 is 0 Å². The van der Waals surface area contributed by atoms with Gasteiger partial charge in [0.25, 0.3) is 0 Å². The Kier molecular flexibility index (Phi) is 4.38. The van der Waals surface area contributed by atoms with Crippen molar-refractivity contribution in [2.45, 2.75) is 24.8 Å². The molecule has 7 nitrogen and oxygen atoms in total. The molecule has 1 atom stereocenters. The lowest BCUT2D eigenvalue weighted by Crippen LogP contribution is -2.39. The molecule has 106 valence electrons. The number of nitrogen functional groups attached to an aromatic ring is 1. The molecule has 1 amide bonds. The van der Waals surface area contributed by atoms with E-state index in [0.717, 1.165) is 0 Å². The average Bonchev–Trinajstić information content (AvgIpc) is 2.23. The van der Waals surface area contributed by atoms with E-state index in [0.29, 0.717) is 5.69 Å². The number of carbonyl (C=O) groups excluding carboxylic acids is 1. The maximum atomic E-state index is 11.3. The summed E-state index contributed by atoms with van der Waals surface area (Å²) < 4.78 is 22.6. The second-order valence-corrected chi connectivity index (χ2v) is 6.17. The summed E-state index contributed by atoms with van der Waals surface area (Å²) in [6.07, 6.45) is 0. The molecule has 1 aromatic carbocycles. The molecule has 0 aliphatic carbocycles. The maximum absolute atomic E-state index is 11.3. The van der Waals surface area contributed by atoms with Gasteiger partial charge in [-0.15, -0.1) is 0 Å². The number of sulfonamides is 1. The summed E-state index contributed by atoms with van der Waals surface area (Å²) in [5.41, 5.74) is 11.5. The van der Waals surface area contributed by atoms with Crippen molar-refractivity contribution >= 4 is 27.3 Å². The van der Waals surface area contributed by atoms with Gasteiger partial charge in [-0.3, -0.25) is 4.79 Å². The Bertz CT molecular complexity index is 584. The van der Waals surface area contributed by atoms with Crippen LogP contribution in [0, 0.1) is 5.92 Å². The number of nitrogens with one attached hydrogen (secondary N) is 1. The Morgan fingerprint density at radius 3 is 2.26 bits per heavy atom. The van der Waals surface area contributed by atoms with Gasteiger partial charge in [-0.2, -0.15) is 0 Å². The highest BCUT2D eigenvalue weighted by Crippen LogP contribution is 2.21. The number of anilines is 2. The van der Waals surface area contributed by atoms with E-state index < -0.39 is 22.0 Å². The lowest BCUT2D eigenvalue weighted by Gasteiger charge is -2.20. The van der Waals surface area contributed by atoms with Gasteiger partial charge in [0.2, 0.25) is 15.9 Å². The molecule has 1 unspecified atom stereocenters. The van der Waals surface area contributed by atoms with Gasteiger partial charge in [-0.1, -0.05) is 13.8 Å². The maximum Gasteiger partial charge on any atom is 0.240 e. The van der Waals surface area contributed by atoms with Crippen LogP contribution in [0.5, 0.6) is 0 Å². The molecule has 0 aliphatic rings. The number of carbonyl (C=O) groups is 1. The average molecular weight is 286 g/mol. The van der Waals surface area contributed by atoms with E-state index in [1.165, 1.54) is 18.2 Å². The van der Waals surface area contributed by atoms with Crippen molar-refractivity contribution in [3.8, 4) is 0 Å². The highest BCUT2D eigenvalue weighted by molar-refractivity contribution is 7.89. The summed E-state index contributed by atoms with van der Waals surface area (Å²) in [6, 6.07) is 3.43. The summed E-state index contributed by atoms with van der Waals surface area (Å²) >= 11 is 0. The van der Waals surface area contributed by atoms with Crippen LogP contribution < -0.4 is 21.9 Å². The van der Waals surface area contributed by atoms with E-state index >= 15 is 0 Å². The third-order valence-corrected chi connectivity index (χ3v) is 3.45. The van der Waals surface area contributed by atoms with Crippen LogP contribution in [0.3, 0.4) is 0 Å². The third-order valence-electron chi connectivity index (χ3n) is 2.55. The Morgan fingerprint density at radius 2 is 1.84 bits per heavy atom. The minimum atomic E-state index is -3.86. The van der Waals surface area contributed by atoms with Crippen molar-refractivity contribution in [2.75, 3.05) is 11.1 Å². The van der Waals surface area contributed by atoms with E-state index in [1.54, 1.807) is 0 Å². The van der Waals surface area contributed by atoms with Crippen molar-refractivity contribution in [1.29, 1.82) is 0 Å². The first kappa shape index (κ1) is 15.3. The van der Waals surface area contributed by atoms with Crippen molar-refractivity contribution in [3.05, 3.63) is 18.2 Å². The Morgan fingerprint density at radius 1 is 1.26 bits per heavy atom. The molecule has 0 heterocycles. The van der Waals surface area contributed by atoms with Gasteiger partial charge < -0.3 is 16.8 Å². The fraction of sp³-hybridized carbons (Fsp3) is 0.364. The molecular weight excluding hydrogens is 268 g/mol. The molecular formula is C11H18N4O3S.